The maximum absolute atomic E-state index is 14.2. The highest BCUT2D eigenvalue weighted by atomic mass is 35.5. The van der Waals surface area contributed by atoms with E-state index in [-0.39, 0.29) is 28.7 Å². The van der Waals surface area contributed by atoms with Crippen LogP contribution in [0, 0.1) is 5.82 Å². The van der Waals surface area contributed by atoms with Crippen LogP contribution in [0.3, 0.4) is 0 Å². The van der Waals surface area contributed by atoms with E-state index in [1.54, 1.807) is 18.2 Å². The Bertz CT molecular complexity index is 1540. The number of amides is 1. The minimum Gasteiger partial charge on any atom is -0.308 e. The van der Waals surface area contributed by atoms with E-state index in [4.69, 9.17) is 0 Å². The van der Waals surface area contributed by atoms with Gasteiger partial charge < -0.3 is 4.90 Å². The Morgan fingerprint density at radius 1 is 1.03 bits per heavy atom. The first kappa shape index (κ1) is 27.0. The van der Waals surface area contributed by atoms with Gasteiger partial charge in [-0.05, 0) is 68.5 Å². The molecule has 0 aliphatic carbocycles. The molecule has 0 fully saturated rings. The average Bonchev–Trinajstić information content (AvgIpc) is 3.50. The molecule has 1 aliphatic rings. The molecule has 3 aromatic carbocycles. The minimum absolute atomic E-state index is 0. The van der Waals surface area contributed by atoms with Crippen LogP contribution in [-0.4, -0.2) is 57.9 Å². The summed E-state index contributed by atoms with van der Waals surface area (Å²) in [5, 5.41) is 0.396. The lowest BCUT2D eigenvalue weighted by molar-refractivity contribution is 0.0985. The summed E-state index contributed by atoms with van der Waals surface area (Å²) in [5.74, 6) is -0.764. The molecular formula is C26H26ClFN4O3S2. The number of carbonyl (C=O) groups excluding carboxylic acids is 1. The predicted octanol–water partition coefficient (Wildman–Crippen LogP) is 4.82. The van der Waals surface area contributed by atoms with Gasteiger partial charge in [0.2, 0.25) is 0 Å². The third-order valence-electron chi connectivity index (χ3n) is 6.14. The van der Waals surface area contributed by atoms with Crippen LogP contribution in [0.15, 0.2) is 71.6 Å². The van der Waals surface area contributed by atoms with Gasteiger partial charge in [-0.15, -0.1) is 12.4 Å². The van der Waals surface area contributed by atoms with E-state index in [0.717, 1.165) is 5.56 Å². The first-order valence-corrected chi connectivity index (χ1v) is 13.7. The second-order valence-electron chi connectivity index (χ2n) is 8.82. The van der Waals surface area contributed by atoms with E-state index in [9.17, 15) is 17.6 Å². The van der Waals surface area contributed by atoms with Gasteiger partial charge in [0, 0.05) is 25.2 Å². The van der Waals surface area contributed by atoms with Gasteiger partial charge in [-0.3, -0.25) is 14.0 Å². The lowest BCUT2D eigenvalue weighted by Gasteiger charge is -2.22. The molecule has 7 nitrogen and oxygen atoms in total. The van der Waals surface area contributed by atoms with E-state index < -0.39 is 15.8 Å². The van der Waals surface area contributed by atoms with Gasteiger partial charge in [0.25, 0.3) is 15.9 Å². The van der Waals surface area contributed by atoms with Gasteiger partial charge in [-0.25, -0.2) is 17.8 Å². The van der Waals surface area contributed by atoms with Gasteiger partial charge in [-0.2, -0.15) is 0 Å². The number of fused-ring (bicyclic) bond motifs is 2. The summed E-state index contributed by atoms with van der Waals surface area (Å²) < 4.78 is 43.0. The van der Waals surface area contributed by atoms with Crippen LogP contribution in [0.25, 0.3) is 10.2 Å². The number of hydrogen-bond donors (Lipinski definition) is 0. The van der Waals surface area contributed by atoms with Crippen molar-refractivity contribution in [3.63, 3.8) is 0 Å². The molecule has 0 radical (unpaired) electrons. The Kier molecular flexibility index (Phi) is 7.84. The van der Waals surface area contributed by atoms with E-state index in [1.807, 2.05) is 37.2 Å². The zero-order valence-electron chi connectivity index (χ0n) is 20.3. The Balaban J connectivity index is 0.00000320. The van der Waals surface area contributed by atoms with Crippen molar-refractivity contribution < 1.29 is 17.6 Å². The molecule has 1 aromatic heterocycles. The van der Waals surface area contributed by atoms with Crippen LogP contribution < -0.4 is 9.21 Å². The summed E-state index contributed by atoms with van der Waals surface area (Å²) in [4.78, 5) is 21.5. The SMILES string of the molecule is CN(C)CCN(C(=O)c1ccc(S(=O)(=O)N2CCc3ccccc32)cc1)c1nc2c(F)cccc2s1.Cl. The van der Waals surface area contributed by atoms with Crippen LogP contribution in [0.5, 0.6) is 0 Å². The Labute approximate surface area is 225 Å². The van der Waals surface area contributed by atoms with Crippen molar-refractivity contribution >= 4 is 60.7 Å². The normalized spacial score (nSPS) is 13.0. The van der Waals surface area contributed by atoms with Crippen molar-refractivity contribution in [1.29, 1.82) is 0 Å². The lowest BCUT2D eigenvalue weighted by atomic mass is 10.2. The van der Waals surface area contributed by atoms with Crippen molar-refractivity contribution in [1.82, 2.24) is 9.88 Å². The summed E-state index contributed by atoms with van der Waals surface area (Å²) >= 11 is 1.24. The summed E-state index contributed by atoms with van der Waals surface area (Å²) in [5.41, 5.74) is 2.24. The molecule has 0 N–H and O–H groups in total. The molecular weight excluding hydrogens is 535 g/mol. The fraction of sp³-hybridized carbons (Fsp3) is 0.231. The van der Waals surface area contributed by atoms with Crippen LogP contribution >= 0.6 is 23.7 Å². The van der Waals surface area contributed by atoms with Gasteiger partial charge in [-0.1, -0.05) is 35.6 Å². The smallest absolute Gasteiger partial charge is 0.264 e. The number of hydrogen-bond acceptors (Lipinski definition) is 6. The Hall–Kier alpha value is -3.05. The van der Waals surface area contributed by atoms with Gasteiger partial charge in [0.1, 0.15) is 11.3 Å². The van der Waals surface area contributed by atoms with Gasteiger partial charge >= 0.3 is 0 Å². The summed E-state index contributed by atoms with van der Waals surface area (Å²) in [7, 11) is 0.0385. The molecule has 2 heterocycles. The topological polar surface area (TPSA) is 73.8 Å². The van der Waals surface area contributed by atoms with E-state index in [1.165, 1.54) is 50.9 Å². The standard InChI is InChI=1S/C26H25FN4O3S2.ClH/c1-29(2)16-17-30(26-28-24-21(27)7-5-9-23(24)35-26)25(32)19-10-12-20(13-11-19)36(33,34)31-15-14-18-6-3-4-8-22(18)31;/h3-13H,14-17H2,1-2H3;1H. The molecule has 4 aromatic rings. The molecule has 0 spiro atoms. The molecule has 37 heavy (non-hydrogen) atoms. The maximum Gasteiger partial charge on any atom is 0.264 e. The number of aromatic nitrogens is 1. The third-order valence-corrected chi connectivity index (χ3v) is 9.01. The van der Waals surface area contributed by atoms with Gasteiger partial charge in [0.15, 0.2) is 5.13 Å². The van der Waals surface area contributed by atoms with Crippen molar-refractivity contribution in [3.8, 4) is 0 Å². The molecule has 0 atom stereocenters. The fourth-order valence-corrected chi connectivity index (χ4v) is 6.72. The zero-order valence-corrected chi connectivity index (χ0v) is 22.7. The summed E-state index contributed by atoms with van der Waals surface area (Å²) in [6, 6.07) is 18.2. The molecule has 0 saturated heterocycles. The lowest BCUT2D eigenvalue weighted by Crippen LogP contribution is -2.36. The number of halogens is 2. The summed E-state index contributed by atoms with van der Waals surface area (Å²) in [6.07, 6.45) is 0.662. The van der Waals surface area contributed by atoms with Crippen LogP contribution in [0.4, 0.5) is 15.2 Å². The Morgan fingerprint density at radius 3 is 2.46 bits per heavy atom. The molecule has 0 unspecified atom stereocenters. The fourth-order valence-electron chi connectivity index (χ4n) is 4.21. The van der Waals surface area contributed by atoms with E-state index in [2.05, 4.69) is 4.98 Å². The second-order valence-corrected chi connectivity index (χ2v) is 11.7. The van der Waals surface area contributed by atoms with Crippen molar-refractivity contribution in [2.75, 3.05) is 42.9 Å². The highest BCUT2D eigenvalue weighted by Gasteiger charge is 2.31. The van der Waals surface area contributed by atoms with Crippen LogP contribution in [0.2, 0.25) is 0 Å². The van der Waals surface area contributed by atoms with Gasteiger partial charge in [0.05, 0.1) is 15.3 Å². The highest BCUT2D eigenvalue weighted by molar-refractivity contribution is 7.92. The largest absolute Gasteiger partial charge is 0.308 e. The number of benzene rings is 3. The van der Waals surface area contributed by atoms with Crippen molar-refractivity contribution in [2.45, 2.75) is 11.3 Å². The highest BCUT2D eigenvalue weighted by Crippen LogP contribution is 2.34. The number of sulfonamides is 1. The first-order chi connectivity index (χ1) is 17.3. The van der Waals surface area contributed by atoms with Crippen LogP contribution in [-0.2, 0) is 16.4 Å². The number of anilines is 2. The second kappa shape index (κ2) is 10.7. The monoisotopic (exact) mass is 560 g/mol. The number of para-hydroxylation sites is 2. The minimum atomic E-state index is -3.76. The van der Waals surface area contributed by atoms with Crippen LogP contribution in [0.1, 0.15) is 15.9 Å². The summed E-state index contributed by atoms with van der Waals surface area (Å²) in [6.45, 7) is 1.30. The van der Waals surface area contributed by atoms with E-state index in [0.29, 0.717) is 47.1 Å². The molecule has 194 valence electrons. The molecule has 11 heteroatoms. The number of rotatable bonds is 7. The van der Waals surface area contributed by atoms with Crippen molar-refractivity contribution in [2.24, 2.45) is 0 Å². The molecule has 1 amide bonds. The number of carbonyl (C=O) groups is 1. The quantitative estimate of drug-likeness (QED) is 0.324. The van der Waals surface area contributed by atoms with Crippen molar-refractivity contribution in [3.05, 3.63) is 83.7 Å². The number of nitrogens with zero attached hydrogens (tertiary/aromatic N) is 4. The molecule has 5 rings (SSSR count). The van der Waals surface area contributed by atoms with E-state index >= 15 is 0 Å². The predicted molar refractivity (Wildman–Crippen MR) is 148 cm³/mol. The first-order valence-electron chi connectivity index (χ1n) is 11.5. The Morgan fingerprint density at radius 2 is 1.76 bits per heavy atom. The molecule has 0 bridgehead atoms. The number of likely N-dealkylation sites (N-methyl/N-ethyl adjacent to an activating group) is 1. The molecule has 0 saturated carbocycles. The number of thiazole rings is 1. The molecule has 1 aliphatic heterocycles. The maximum atomic E-state index is 14.2. The third kappa shape index (κ3) is 5.19. The average molecular weight is 561 g/mol. The zero-order chi connectivity index (χ0) is 25.4.